The van der Waals surface area contributed by atoms with Crippen LogP contribution in [-0.2, 0) is 13.0 Å². The van der Waals surface area contributed by atoms with Gasteiger partial charge in [0.25, 0.3) is 0 Å². The largest absolute Gasteiger partial charge is 0.356 e. The van der Waals surface area contributed by atoms with Gasteiger partial charge in [0.05, 0.1) is 0 Å². The molecule has 1 fully saturated rings. The molecule has 3 heterocycles. The van der Waals surface area contributed by atoms with Crippen LogP contribution in [0.4, 0.5) is 5.82 Å². The molecule has 0 radical (unpaired) electrons. The molecule has 1 saturated heterocycles. The maximum absolute atomic E-state index is 5.82. The molecule has 0 aromatic carbocycles. The molecule has 2 N–H and O–H groups in total. The third-order valence-corrected chi connectivity index (χ3v) is 5.04. The van der Waals surface area contributed by atoms with Crippen LogP contribution in [0.2, 0.25) is 5.15 Å². The van der Waals surface area contributed by atoms with Crippen LogP contribution in [0, 0.1) is 0 Å². The zero-order valence-electron chi connectivity index (χ0n) is 16.5. The van der Waals surface area contributed by atoms with Gasteiger partial charge in [0, 0.05) is 58.7 Å². The van der Waals surface area contributed by atoms with Crippen LogP contribution in [-0.4, -0.2) is 67.6 Å². The van der Waals surface area contributed by atoms with E-state index in [1.165, 1.54) is 5.56 Å². The lowest BCUT2D eigenvalue weighted by Gasteiger charge is -2.33. The van der Waals surface area contributed by atoms with Crippen LogP contribution in [0.15, 0.2) is 41.7 Å². The monoisotopic (exact) mass is 401 g/mol. The minimum absolute atomic E-state index is 0.516. The highest BCUT2D eigenvalue weighted by Gasteiger charge is 2.15. The number of aromatic nitrogens is 2. The SMILES string of the molecule is CN=C(NCCc1ccc(Cl)nc1)NCc1ccnc(N2CCN(C)CC2)c1. The molecule has 8 heteroatoms. The summed E-state index contributed by atoms with van der Waals surface area (Å²) in [6.45, 7) is 5.65. The van der Waals surface area contributed by atoms with Gasteiger partial charge < -0.3 is 20.4 Å². The lowest BCUT2D eigenvalue weighted by atomic mass is 10.2. The maximum atomic E-state index is 5.82. The summed E-state index contributed by atoms with van der Waals surface area (Å²) in [5.74, 6) is 1.82. The molecule has 0 atom stereocenters. The highest BCUT2D eigenvalue weighted by Crippen LogP contribution is 2.14. The van der Waals surface area contributed by atoms with Gasteiger partial charge in [-0.2, -0.15) is 0 Å². The Labute approximate surface area is 171 Å². The van der Waals surface area contributed by atoms with E-state index in [0.29, 0.717) is 11.7 Å². The number of pyridine rings is 2. The number of anilines is 1. The molecule has 3 rings (SSSR count). The standard InChI is InChI=1S/C20H28ClN7/c1-22-20(24-8-5-16-3-4-18(21)25-14-16)26-15-17-6-7-23-19(13-17)28-11-9-27(2)10-12-28/h3-4,6-7,13-14H,5,8-12,15H2,1-2H3,(H2,22,24,26). The van der Waals surface area contributed by atoms with Gasteiger partial charge in [-0.05, 0) is 42.8 Å². The van der Waals surface area contributed by atoms with Crippen molar-refractivity contribution >= 4 is 23.4 Å². The summed E-state index contributed by atoms with van der Waals surface area (Å²) < 4.78 is 0. The molecular formula is C20H28ClN7. The number of nitrogens with one attached hydrogen (secondary N) is 2. The smallest absolute Gasteiger partial charge is 0.191 e. The van der Waals surface area contributed by atoms with Crippen LogP contribution in [0.5, 0.6) is 0 Å². The van der Waals surface area contributed by atoms with Crippen molar-refractivity contribution in [3.8, 4) is 0 Å². The average molecular weight is 402 g/mol. The number of hydrogen-bond acceptors (Lipinski definition) is 5. The Morgan fingerprint density at radius 3 is 2.64 bits per heavy atom. The Bertz CT molecular complexity index is 770. The number of halogens is 1. The summed E-state index contributed by atoms with van der Waals surface area (Å²) in [6.07, 6.45) is 4.54. The molecule has 2 aromatic heterocycles. The van der Waals surface area contributed by atoms with Gasteiger partial charge in [0.1, 0.15) is 11.0 Å². The zero-order chi connectivity index (χ0) is 19.8. The topological polar surface area (TPSA) is 68.7 Å². The molecule has 2 aromatic rings. The Hall–Kier alpha value is -2.38. The fourth-order valence-electron chi connectivity index (χ4n) is 3.06. The number of nitrogens with zero attached hydrogens (tertiary/aromatic N) is 5. The number of likely N-dealkylation sites (N-methyl/N-ethyl adjacent to an activating group) is 1. The van der Waals surface area contributed by atoms with Crippen LogP contribution in [0.25, 0.3) is 0 Å². The minimum Gasteiger partial charge on any atom is -0.356 e. The van der Waals surface area contributed by atoms with Crippen molar-refractivity contribution in [1.82, 2.24) is 25.5 Å². The van der Waals surface area contributed by atoms with Crippen molar-refractivity contribution in [1.29, 1.82) is 0 Å². The highest BCUT2D eigenvalue weighted by molar-refractivity contribution is 6.29. The van der Waals surface area contributed by atoms with Crippen LogP contribution < -0.4 is 15.5 Å². The molecule has 28 heavy (non-hydrogen) atoms. The Balaban J connectivity index is 1.46. The van der Waals surface area contributed by atoms with Gasteiger partial charge in [-0.15, -0.1) is 0 Å². The van der Waals surface area contributed by atoms with E-state index in [-0.39, 0.29) is 0 Å². The molecule has 1 aliphatic heterocycles. The molecule has 0 amide bonds. The van der Waals surface area contributed by atoms with E-state index in [2.05, 4.69) is 48.5 Å². The van der Waals surface area contributed by atoms with Gasteiger partial charge in [0.15, 0.2) is 5.96 Å². The first-order chi connectivity index (χ1) is 13.6. The number of guanidine groups is 1. The summed E-state index contributed by atoms with van der Waals surface area (Å²) >= 11 is 5.82. The molecular weight excluding hydrogens is 374 g/mol. The van der Waals surface area contributed by atoms with Crippen LogP contribution in [0.3, 0.4) is 0 Å². The molecule has 0 saturated carbocycles. The lowest BCUT2D eigenvalue weighted by Crippen LogP contribution is -2.44. The van der Waals surface area contributed by atoms with E-state index in [0.717, 1.165) is 56.5 Å². The van der Waals surface area contributed by atoms with E-state index in [9.17, 15) is 0 Å². The van der Waals surface area contributed by atoms with E-state index < -0.39 is 0 Å². The second-order valence-electron chi connectivity index (χ2n) is 6.90. The number of rotatable bonds is 6. The number of aliphatic imine (C=N–C) groups is 1. The second kappa shape index (κ2) is 10.2. The first-order valence-electron chi connectivity index (χ1n) is 9.57. The van der Waals surface area contributed by atoms with E-state index in [4.69, 9.17) is 11.6 Å². The summed E-state index contributed by atoms with van der Waals surface area (Å²) in [5.41, 5.74) is 2.33. The van der Waals surface area contributed by atoms with Crippen molar-refractivity contribution in [3.63, 3.8) is 0 Å². The number of hydrogen-bond donors (Lipinski definition) is 2. The fraction of sp³-hybridized carbons (Fsp3) is 0.450. The highest BCUT2D eigenvalue weighted by atomic mass is 35.5. The molecule has 0 bridgehead atoms. The Morgan fingerprint density at radius 2 is 1.93 bits per heavy atom. The number of piperazine rings is 1. The van der Waals surface area contributed by atoms with Crippen molar-refractivity contribution in [2.75, 3.05) is 51.7 Å². The molecule has 150 valence electrons. The summed E-state index contributed by atoms with van der Waals surface area (Å²) in [6, 6.07) is 8.00. The fourth-order valence-corrected chi connectivity index (χ4v) is 3.18. The minimum atomic E-state index is 0.516. The normalized spacial score (nSPS) is 15.5. The summed E-state index contributed by atoms with van der Waals surface area (Å²) in [7, 11) is 3.94. The van der Waals surface area contributed by atoms with Crippen molar-refractivity contribution in [2.24, 2.45) is 4.99 Å². The third-order valence-electron chi connectivity index (χ3n) is 4.82. The van der Waals surface area contributed by atoms with E-state index in [1.807, 2.05) is 24.4 Å². The molecule has 1 aliphatic rings. The van der Waals surface area contributed by atoms with Gasteiger partial charge in [-0.25, -0.2) is 9.97 Å². The van der Waals surface area contributed by atoms with Gasteiger partial charge in [0.2, 0.25) is 0 Å². The van der Waals surface area contributed by atoms with Gasteiger partial charge >= 0.3 is 0 Å². The third kappa shape index (κ3) is 6.07. The Morgan fingerprint density at radius 1 is 1.11 bits per heavy atom. The quantitative estimate of drug-likeness (QED) is 0.437. The van der Waals surface area contributed by atoms with Crippen LogP contribution in [0.1, 0.15) is 11.1 Å². The molecule has 0 unspecified atom stereocenters. The molecule has 0 aliphatic carbocycles. The van der Waals surface area contributed by atoms with Crippen molar-refractivity contribution in [2.45, 2.75) is 13.0 Å². The first kappa shape index (κ1) is 20.4. The van der Waals surface area contributed by atoms with Crippen molar-refractivity contribution < 1.29 is 0 Å². The zero-order valence-corrected chi connectivity index (χ0v) is 17.3. The predicted octanol–water partition coefficient (Wildman–Crippen LogP) is 1.79. The summed E-state index contributed by atoms with van der Waals surface area (Å²) in [5, 5.41) is 7.21. The van der Waals surface area contributed by atoms with E-state index in [1.54, 1.807) is 13.2 Å². The molecule has 0 spiro atoms. The molecule has 7 nitrogen and oxygen atoms in total. The lowest BCUT2D eigenvalue weighted by molar-refractivity contribution is 0.312. The maximum Gasteiger partial charge on any atom is 0.191 e. The van der Waals surface area contributed by atoms with Crippen LogP contribution >= 0.6 is 11.6 Å². The second-order valence-corrected chi connectivity index (χ2v) is 7.29. The Kier molecular flexibility index (Phi) is 7.45. The summed E-state index contributed by atoms with van der Waals surface area (Å²) in [4.78, 5) is 17.6. The predicted molar refractivity (Wildman–Crippen MR) is 115 cm³/mol. The first-order valence-corrected chi connectivity index (χ1v) is 9.95. The average Bonchev–Trinajstić information content (AvgIpc) is 2.72. The van der Waals surface area contributed by atoms with Gasteiger partial charge in [-0.1, -0.05) is 17.7 Å². The van der Waals surface area contributed by atoms with Gasteiger partial charge in [-0.3, -0.25) is 4.99 Å². The van der Waals surface area contributed by atoms with E-state index >= 15 is 0 Å². The van der Waals surface area contributed by atoms with Crippen molar-refractivity contribution in [3.05, 3.63) is 52.9 Å².